The SMILES string of the molecule is Cc1cc(C)c(S(=O)(=O)N2CCN(C(=O)Cn3[nH]c(=O)c4ccccc4c3=O)CC2)c(C)c1. The number of fused-ring (bicyclic) bond motifs is 1. The average Bonchev–Trinajstić information content (AvgIpc) is 2.76. The van der Waals surface area contributed by atoms with Crippen LogP contribution in [0.4, 0.5) is 0 Å². The van der Waals surface area contributed by atoms with Crippen LogP contribution in [0.1, 0.15) is 16.7 Å². The molecule has 0 radical (unpaired) electrons. The molecule has 3 aromatic rings. The number of amides is 1. The van der Waals surface area contributed by atoms with Crippen molar-refractivity contribution in [3.63, 3.8) is 0 Å². The highest BCUT2D eigenvalue weighted by Crippen LogP contribution is 2.26. The molecule has 1 fully saturated rings. The second kappa shape index (κ2) is 8.60. The Morgan fingerprint density at radius 2 is 1.52 bits per heavy atom. The molecule has 1 aromatic heterocycles. The van der Waals surface area contributed by atoms with Crippen LogP contribution in [0.5, 0.6) is 0 Å². The van der Waals surface area contributed by atoms with E-state index in [1.54, 1.807) is 38.1 Å². The first-order valence-corrected chi connectivity index (χ1v) is 12.1. The summed E-state index contributed by atoms with van der Waals surface area (Å²) >= 11 is 0. The van der Waals surface area contributed by atoms with E-state index in [1.807, 2.05) is 19.1 Å². The molecule has 9 nitrogen and oxygen atoms in total. The number of sulfonamides is 1. The maximum Gasteiger partial charge on any atom is 0.273 e. The number of hydrogen-bond donors (Lipinski definition) is 1. The third kappa shape index (κ3) is 4.23. The molecule has 0 spiro atoms. The van der Waals surface area contributed by atoms with Crippen LogP contribution < -0.4 is 11.1 Å². The Hall–Kier alpha value is -3.24. The van der Waals surface area contributed by atoms with E-state index in [-0.39, 0.29) is 49.4 Å². The standard InChI is InChI=1S/C23H26N4O5S/c1-15-12-16(2)21(17(3)13-15)33(31,32)26-10-8-25(9-11-26)20(28)14-27-23(30)19-7-5-4-6-18(19)22(29)24-27/h4-7,12-13H,8-11,14H2,1-3H3,(H,24,29). The number of aromatic amines is 1. The van der Waals surface area contributed by atoms with Gasteiger partial charge < -0.3 is 4.90 Å². The minimum absolute atomic E-state index is 0.157. The summed E-state index contributed by atoms with van der Waals surface area (Å²) in [5, 5.41) is 2.97. The van der Waals surface area contributed by atoms with E-state index in [0.717, 1.165) is 10.2 Å². The molecule has 0 saturated carbocycles. The van der Waals surface area contributed by atoms with E-state index in [9.17, 15) is 22.8 Å². The van der Waals surface area contributed by atoms with Gasteiger partial charge in [-0.1, -0.05) is 29.8 Å². The summed E-state index contributed by atoms with van der Waals surface area (Å²) in [6, 6.07) is 10.1. The van der Waals surface area contributed by atoms with Gasteiger partial charge in [-0.15, -0.1) is 0 Å². The van der Waals surface area contributed by atoms with E-state index >= 15 is 0 Å². The van der Waals surface area contributed by atoms with Crippen molar-refractivity contribution in [2.75, 3.05) is 26.2 Å². The van der Waals surface area contributed by atoms with Crippen molar-refractivity contribution >= 4 is 26.7 Å². The van der Waals surface area contributed by atoms with Crippen molar-refractivity contribution in [3.8, 4) is 0 Å². The molecule has 1 aliphatic heterocycles. The van der Waals surface area contributed by atoms with Gasteiger partial charge in [0.2, 0.25) is 15.9 Å². The van der Waals surface area contributed by atoms with Gasteiger partial charge in [0.25, 0.3) is 11.1 Å². The molecule has 1 N–H and O–H groups in total. The normalized spacial score (nSPS) is 15.2. The van der Waals surface area contributed by atoms with Crippen molar-refractivity contribution in [1.29, 1.82) is 0 Å². The zero-order valence-corrected chi connectivity index (χ0v) is 19.6. The summed E-state index contributed by atoms with van der Waals surface area (Å²) in [4.78, 5) is 39.6. The first-order chi connectivity index (χ1) is 15.6. The fourth-order valence-corrected chi connectivity index (χ4v) is 6.31. The number of piperazine rings is 1. The maximum absolute atomic E-state index is 13.3. The van der Waals surface area contributed by atoms with Gasteiger partial charge in [-0.3, -0.25) is 19.5 Å². The molecule has 174 valence electrons. The molecule has 1 aliphatic rings. The molecule has 10 heteroatoms. The lowest BCUT2D eigenvalue weighted by molar-refractivity contribution is -0.133. The van der Waals surface area contributed by atoms with Gasteiger partial charge in [0.15, 0.2) is 0 Å². The van der Waals surface area contributed by atoms with Crippen LogP contribution in [0.15, 0.2) is 50.9 Å². The van der Waals surface area contributed by atoms with Gasteiger partial charge in [-0.25, -0.2) is 13.1 Å². The minimum Gasteiger partial charge on any atom is -0.338 e. The third-order valence-corrected chi connectivity index (χ3v) is 8.18. The molecule has 2 heterocycles. The van der Waals surface area contributed by atoms with Crippen LogP contribution in [-0.2, 0) is 21.4 Å². The first kappa shape index (κ1) is 22.9. The van der Waals surface area contributed by atoms with Gasteiger partial charge in [-0.2, -0.15) is 4.31 Å². The van der Waals surface area contributed by atoms with E-state index in [0.29, 0.717) is 16.0 Å². The lowest BCUT2D eigenvalue weighted by Crippen LogP contribution is -2.52. The molecule has 1 amide bonds. The number of nitrogens with zero attached hydrogens (tertiary/aromatic N) is 3. The van der Waals surface area contributed by atoms with Crippen LogP contribution in [0.25, 0.3) is 10.8 Å². The number of H-pyrrole nitrogens is 1. The van der Waals surface area contributed by atoms with Gasteiger partial charge in [0.05, 0.1) is 15.7 Å². The summed E-state index contributed by atoms with van der Waals surface area (Å²) in [5.74, 6) is -0.359. The Labute approximate surface area is 191 Å². The maximum atomic E-state index is 13.3. The number of benzene rings is 2. The molecule has 4 rings (SSSR count). The molecule has 2 aromatic carbocycles. The number of carbonyl (C=O) groups excluding carboxylic acids is 1. The molecular weight excluding hydrogens is 444 g/mol. The van der Waals surface area contributed by atoms with Crippen molar-refractivity contribution in [3.05, 3.63) is 73.8 Å². The highest BCUT2D eigenvalue weighted by atomic mass is 32.2. The van der Waals surface area contributed by atoms with Gasteiger partial charge in [0.1, 0.15) is 6.54 Å². The summed E-state index contributed by atoms with van der Waals surface area (Å²) in [6.45, 7) is 5.90. The zero-order chi connectivity index (χ0) is 23.9. The van der Waals surface area contributed by atoms with Gasteiger partial charge >= 0.3 is 0 Å². The highest BCUT2D eigenvalue weighted by molar-refractivity contribution is 7.89. The number of hydrogen-bond acceptors (Lipinski definition) is 5. The van der Waals surface area contributed by atoms with Crippen molar-refractivity contribution < 1.29 is 13.2 Å². The molecular formula is C23H26N4O5S. The topological polar surface area (TPSA) is 113 Å². The van der Waals surface area contributed by atoms with E-state index < -0.39 is 21.1 Å². The van der Waals surface area contributed by atoms with Gasteiger partial charge in [-0.05, 0) is 44.0 Å². The Kier molecular flexibility index (Phi) is 5.98. The molecule has 0 atom stereocenters. The number of aryl methyl sites for hydroxylation is 3. The zero-order valence-electron chi connectivity index (χ0n) is 18.8. The largest absolute Gasteiger partial charge is 0.338 e. The number of carbonyl (C=O) groups is 1. The summed E-state index contributed by atoms with van der Waals surface area (Å²) in [5.41, 5.74) is 1.50. The summed E-state index contributed by atoms with van der Waals surface area (Å²) < 4.78 is 28.9. The monoisotopic (exact) mass is 470 g/mol. The van der Waals surface area contributed by atoms with E-state index in [1.165, 1.54) is 9.21 Å². The Morgan fingerprint density at radius 3 is 2.12 bits per heavy atom. The van der Waals surface area contributed by atoms with Crippen molar-refractivity contribution in [1.82, 2.24) is 19.0 Å². The van der Waals surface area contributed by atoms with Crippen LogP contribution >= 0.6 is 0 Å². The highest BCUT2D eigenvalue weighted by Gasteiger charge is 2.32. The number of rotatable bonds is 4. The minimum atomic E-state index is -3.69. The molecule has 0 bridgehead atoms. The molecule has 33 heavy (non-hydrogen) atoms. The second-order valence-electron chi connectivity index (χ2n) is 8.39. The molecule has 1 saturated heterocycles. The molecule has 0 aliphatic carbocycles. The third-order valence-electron chi connectivity index (χ3n) is 5.97. The summed E-state index contributed by atoms with van der Waals surface area (Å²) in [6.07, 6.45) is 0. The number of aromatic nitrogens is 2. The Morgan fingerprint density at radius 1 is 0.939 bits per heavy atom. The van der Waals surface area contributed by atoms with Crippen molar-refractivity contribution in [2.45, 2.75) is 32.2 Å². The average molecular weight is 471 g/mol. The lowest BCUT2D eigenvalue weighted by atomic mass is 10.1. The van der Waals surface area contributed by atoms with Crippen LogP contribution in [0.3, 0.4) is 0 Å². The van der Waals surface area contributed by atoms with E-state index in [4.69, 9.17) is 0 Å². The fraction of sp³-hybridized carbons (Fsp3) is 0.348. The predicted molar refractivity (Wildman–Crippen MR) is 125 cm³/mol. The van der Waals surface area contributed by atoms with Gasteiger partial charge in [0, 0.05) is 26.2 Å². The number of nitrogens with one attached hydrogen (secondary N) is 1. The van der Waals surface area contributed by atoms with Crippen LogP contribution in [0.2, 0.25) is 0 Å². The van der Waals surface area contributed by atoms with Crippen LogP contribution in [0, 0.1) is 20.8 Å². The fourth-order valence-electron chi connectivity index (χ4n) is 4.47. The smallest absolute Gasteiger partial charge is 0.273 e. The summed E-state index contributed by atoms with van der Waals surface area (Å²) in [7, 11) is -3.69. The quantitative estimate of drug-likeness (QED) is 0.615. The predicted octanol–water partition coefficient (Wildman–Crippen LogP) is 1.15. The second-order valence-corrected chi connectivity index (χ2v) is 10.3. The van der Waals surface area contributed by atoms with Crippen LogP contribution in [-0.4, -0.2) is 59.5 Å². The Balaban J connectivity index is 1.49. The Bertz CT molecular complexity index is 1440. The lowest BCUT2D eigenvalue weighted by Gasteiger charge is -2.34. The van der Waals surface area contributed by atoms with Crippen molar-refractivity contribution in [2.24, 2.45) is 0 Å². The first-order valence-electron chi connectivity index (χ1n) is 10.7. The van der Waals surface area contributed by atoms with E-state index in [2.05, 4.69) is 5.10 Å². The molecule has 0 unspecified atom stereocenters.